The molecule has 0 aliphatic heterocycles. The van der Waals surface area contributed by atoms with Gasteiger partial charge in [0.2, 0.25) is 5.91 Å². The van der Waals surface area contributed by atoms with Gasteiger partial charge in [-0.3, -0.25) is 4.79 Å². The third kappa shape index (κ3) is 4.12. The minimum absolute atomic E-state index is 0.271. The molecular weight excluding hydrogens is 174 g/mol. The first-order valence-electron chi connectivity index (χ1n) is 5.69. The molecule has 0 fully saturated rings. The molecule has 2 nitrogen and oxygen atoms in total. The summed E-state index contributed by atoms with van der Waals surface area (Å²) in [6, 6.07) is 0.323. The van der Waals surface area contributed by atoms with E-state index in [4.69, 9.17) is 0 Å². The smallest absolute Gasteiger partial charge is 0.222 e. The van der Waals surface area contributed by atoms with Crippen molar-refractivity contribution >= 4 is 5.91 Å². The Balaban J connectivity index is 4.30. The Labute approximate surface area is 88.7 Å². The van der Waals surface area contributed by atoms with Crippen LogP contribution in [0.3, 0.4) is 0 Å². The Kier molecular flexibility index (Phi) is 5.82. The summed E-state index contributed by atoms with van der Waals surface area (Å²) in [6.45, 7) is 13.6. The standard InChI is InChI=1S/C12H25NO/c1-7-12(14)13(10(4)5)8-11(6)9(2)3/h9-11H,7-8H2,1-6H3. The minimum Gasteiger partial charge on any atom is -0.340 e. The lowest BCUT2D eigenvalue weighted by atomic mass is 9.97. The molecule has 0 aliphatic rings. The third-order valence-electron chi connectivity index (χ3n) is 2.87. The van der Waals surface area contributed by atoms with Crippen LogP contribution in [0, 0.1) is 11.8 Å². The summed E-state index contributed by atoms with van der Waals surface area (Å²) in [7, 11) is 0. The predicted octanol–water partition coefficient (Wildman–Crippen LogP) is 2.93. The largest absolute Gasteiger partial charge is 0.340 e. The topological polar surface area (TPSA) is 20.3 Å². The van der Waals surface area contributed by atoms with E-state index in [1.165, 1.54) is 0 Å². The normalized spacial score (nSPS) is 13.4. The summed E-state index contributed by atoms with van der Waals surface area (Å²) >= 11 is 0. The second-order valence-corrected chi connectivity index (χ2v) is 4.71. The molecule has 0 N–H and O–H groups in total. The van der Waals surface area contributed by atoms with Gasteiger partial charge in [0, 0.05) is 19.0 Å². The van der Waals surface area contributed by atoms with Crippen LogP contribution in [0.1, 0.15) is 48.0 Å². The van der Waals surface area contributed by atoms with Crippen LogP contribution < -0.4 is 0 Å². The van der Waals surface area contributed by atoms with Crippen molar-refractivity contribution in [2.24, 2.45) is 11.8 Å². The highest BCUT2D eigenvalue weighted by atomic mass is 16.2. The molecule has 1 atom stereocenters. The van der Waals surface area contributed by atoms with E-state index in [1.54, 1.807) is 0 Å². The molecule has 0 saturated carbocycles. The van der Waals surface area contributed by atoms with Gasteiger partial charge in [0.25, 0.3) is 0 Å². The minimum atomic E-state index is 0.271. The zero-order valence-corrected chi connectivity index (χ0v) is 10.5. The second-order valence-electron chi connectivity index (χ2n) is 4.71. The lowest BCUT2D eigenvalue weighted by molar-refractivity contribution is -0.133. The summed E-state index contributed by atoms with van der Waals surface area (Å²) < 4.78 is 0. The van der Waals surface area contributed by atoms with E-state index in [1.807, 2.05) is 11.8 Å². The Morgan fingerprint density at radius 1 is 1.14 bits per heavy atom. The molecule has 84 valence electrons. The first kappa shape index (κ1) is 13.5. The fourth-order valence-corrected chi connectivity index (χ4v) is 1.32. The molecule has 2 heteroatoms. The average molecular weight is 199 g/mol. The van der Waals surface area contributed by atoms with E-state index >= 15 is 0 Å². The predicted molar refractivity (Wildman–Crippen MR) is 61.1 cm³/mol. The quantitative estimate of drug-likeness (QED) is 0.666. The molecule has 0 aliphatic carbocycles. The van der Waals surface area contributed by atoms with Crippen molar-refractivity contribution in [1.29, 1.82) is 0 Å². The summed E-state index contributed by atoms with van der Waals surface area (Å²) in [6.07, 6.45) is 0.614. The van der Waals surface area contributed by atoms with Crippen LogP contribution in [0.25, 0.3) is 0 Å². The van der Waals surface area contributed by atoms with Crippen LogP contribution in [0.15, 0.2) is 0 Å². The van der Waals surface area contributed by atoms with Gasteiger partial charge in [0.1, 0.15) is 0 Å². The fourth-order valence-electron chi connectivity index (χ4n) is 1.32. The monoisotopic (exact) mass is 199 g/mol. The summed E-state index contributed by atoms with van der Waals surface area (Å²) in [5.41, 5.74) is 0. The van der Waals surface area contributed by atoms with E-state index < -0.39 is 0 Å². The van der Waals surface area contributed by atoms with Crippen molar-refractivity contribution in [2.45, 2.75) is 54.0 Å². The second kappa shape index (κ2) is 6.05. The van der Waals surface area contributed by atoms with Crippen LogP contribution in [0.4, 0.5) is 0 Å². The number of hydrogen-bond acceptors (Lipinski definition) is 1. The van der Waals surface area contributed by atoms with E-state index in [0.29, 0.717) is 24.3 Å². The van der Waals surface area contributed by atoms with Gasteiger partial charge in [-0.15, -0.1) is 0 Å². The lowest BCUT2D eigenvalue weighted by Crippen LogP contribution is -2.40. The summed E-state index contributed by atoms with van der Waals surface area (Å²) in [5, 5.41) is 0. The lowest BCUT2D eigenvalue weighted by Gasteiger charge is -2.30. The van der Waals surface area contributed by atoms with Gasteiger partial charge < -0.3 is 4.90 Å². The van der Waals surface area contributed by atoms with Crippen LogP contribution in [0.2, 0.25) is 0 Å². The maximum Gasteiger partial charge on any atom is 0.222 e. The molecule has 1 unspecified atom stereocenters. The molecule has 0 aromatic carbocycles. The van der Waals surface area contributed by atoms with Gasteiger partial charge in [0.15, 0.2) is 0 Å². The molecule has 0 bridgehead atoms. The number of nitrogens with zero attached hydrogens (tertiary/aromatic N) is 1. The Morgan fingerprint density at radius 2 is 1.64 bits per heavy atom. The highest BCUT2D eigenvalue weighted by molar-refractivity contribution is 5.76. The maximum atomic E-state index is 11.6. The van der Waals surface area contributed by atoms with Crippen LogP contribution >= 0.6 is 0 Å². The maximum absolute atomic E-state index is 11.6. The molecule has 0 saturated heterocycles. The number of carbonyl (C=O) groups excluding carboxylic acids is 1. The summed E-state index contributed by atoms with van der Waals surface area (Å²) in [5.74, 6) is 1.49. The average Bonchev–Trinajstić information content (AvgIpc) is 2.11. The first-order chi connectivity index (χ1) is 6.40. The number of rotatable bonds is 5. The summed E-state index contributed by atoms with van der Waals surface area (Å²) in [4.78, 5) is 13.6. The zero-order chi connectivity index (χ0) is 11.3. The highest BCUT2D eigenvalue weighted by Gasteiger charge is 2.19. The molecule has 0 spiro atoms. The van der Waals surface area contributed by atoms with Gasteiger partial charge in [-0.05, 0) is 25.7 Å². The first-order valence-corrected chi connectivity index (χ1v) is 5.69. The van der Waals surface area contributed by atoms with E-state index in [0.717, 1.165) is 6.54 Å². The highest BCUT2D eigenvalue weighted by Crippen LogP contribution is 2.14. The molecule has 0 aromatic rings. The van der Waals surface area contributed by atoms with E-state index in [2.05, 4.69) is 34.6 Å². The van der Waals surface area contributed by atoms with Crippen molar-refractivity contribution < 1.29 is 4.79 Å². The number of carbonyl (C=O) groups is 1. The molecule has 0 heterocycles. The van der Waals surface area contributed by atoms with Crippen molar-refractivity contribution in [2.75, 3.05) is 6.54 Å². The Morgan fingerprint density at radius 3 is 1.93 bits per heavy atom. The Hall–Kier alpha value is -0.530. The molecule has 1 amide bonds. The van der Waals surface area contributed by atoms with Crippen molar-refractivity contribution in [3.8, 4) is 0 Å². The third-order valence-corrected chi connectivity index (χ3v) is 2.87. The SMILES string of the molecule is CCC(=O)N(CC(C)C(C)C)C(C)C. The van der Waals surface area contributed by atoms with Crippen molar-refractivity contribution in [3.05, 3.63) is 0 Å². The Bertz CT molecular complexity index is 175. The van der Waals surface area contributed by atoms with E-state index in [9.17, 15) is 4.79 Å². The molecule has 0 radical (unpaired) electrons. The van der Waals surface area contributed by atoms with Crippen LogP contribution in [-0.4, -0.2) is 23.4 Å². The molecule has 0 rings (SSSR count). The van der Waals surface area contributed by atoms with Crippen molar-refractivity contribution in [3.63, 3.8) is 0 Å². The zero-order valence-electron chi connectivity index (χ0n) is 10.5. The van der Waals surface area contributed by atoms with Gasteiger partial charge in [0.05, 0.1) is 0 Å². The van der Waals surface area contributed by atoms with Gasteiger partial charge in [-0.1, -0.05) is 27.7 Å². The fraction of sp³-hybridized carbons (Fsp3) is 0.917. The molecule has 0 aromatic heterocycles. The molecular formula is C12H25NO. The van der Waals surface area contributed by atoms with E-state index in [-0.39, 0.29) is 5.91 Å². The van der Waals surface area contributed by atoms with Gasteiger partial charge in [-0.25, -0.2) is 0 Å². The van der Waals surface area contributed by atoms with Gasteiger partial charge >= 0.3 is 0 Å². The number of amides is 1. The van der Waals surface area contributed by atoms with Crippen LogP contribution in [-0.2, 0) is 4.79 Å². The van der Waals surface area contributed by atoms with Crippen LogP contribution in [0.5, 0.6) is 0 Å². The van der Waals surface area contributed by atoms with Crippen molar-refractivity contribution in [1.82, 2.24) is 4.90 Å². The number of hydrogen-bond donors (Lipinski definition) is 0. The van der Waals surface area contributed by atoms with Gasteiger partial charge in [-0.2, -0.15) is 0 Å². The molecule has 14 heavy (non-hydrogen) atoms.